The van der Waals surface area contributed by atoms with Gasteiger partial charge in [0.2, 0.25) is 0 Å². The second-order valence-electron chi connectivity index (χ2n) is 21.0. The van der Waals surface area contributed by atoms with E-state index in [9.17, 15) is 0 Å². The molecular weight excluding hydrogens is 928 g/mol. The predicted octanol–water partition coefficient (Wildman–Crippen LogP) is 14.6. The Morgan fingerprint density at radius 2 is 1.13 bits per heavy atom. The van der Waals surface area contributed by atoms with E-state index in [2.05, 4.69) is 238 Å². The molecule has 0 spiro atoms. The summed E-state index contributed by atoms with van der Waals surface area (Å²) in [6.45, 7) is 28.4. The molecule has 1 atom stereocenters. The number of para-hydroxylation sites is 2. The summed E-state index contributed by atoms with van der Waals surface area (Å²) in [5, 5.41) is 0. The van der Waals surface area contributed by atoms with Crippen molar-refractivity contribution in [2.45, 2.75) is 117 Å². The van der Waals surface area contributed by atoms with E-state index in [1.807, 2.05) is 6.20 Å². The summed E-state index contributed by atoms with van der Waals surface area (Å²) in [4.78, 5) is 7.38. The molecule has 61 heavy (non-hydrogen) atoms. The quantitative estimate of drug-likeness (QED) is 0.167. The molecule has 1 aliphatic rings. The number of aromatic nitrogens is 3. The van der Waals surface area contributed by atoms with Gasteiger partial charge < -0.3 is 0 Å². The molecule has 0 fully saturated rings. The van der Waals surface area contributed by atoms with Gasteiger partial charge in [0, 0.05) is 6.20 Å². The molecule has 0 saturated carbocycles. The second-order valence-corrected chi connectivity index (χ2v) is 22.0. The predicted molar refractivity (Wildman–Crippen MR) is 251 cm³/mol. The fraction of sp³-hybridized carbons (Fsp3) is 0.345. The molecule has 2 aromatic heterocycles. The molecular formula is C55H62N4OPt. The van der Waals surface area contributed by atoms with E-state index in [-0.39, 0.29) is 27.6 Å². The van der Waals surface area contributed by atoms with Gasteiger partial charge in [-0.15, -0.1) is 0 Å². The van der Waals surface area contributed by atoms with E-state index in [1.54, 1.807) is 0 Å². The van der Waals surface area contributed by atoms with Crippen LogP contribution in [0.25, 0.3) is 22.4 Å². The molecule has 0 N–H and O–H groups in total. The van der Waals surface area contributed by atoms with Crippen molar-refractivity contribution in [1.82, 2.24) is 14.1 Å². The summed E-state index contributed by atoms with van der Waals surface area (Å²) in [5.41, 5.74) is 13.8. The SMILES string of the molecule is CC(C)(C)c1ccc(-n2[c](=[Pt])n(-c3cccc(Oc4ccc5c(c4)N(c4cc(C(C)(C)C)ccn4)CCC5c4cc(C(C)(C)C)cc(C(C)(C)C)c4)c3)c3ccccc32)cc1. The first-order chi connectivity index (χ1) is 28.7. The van der Waals surface area contributed by atoms with Gasteiger partial charge in [0.15, 0.2) is 0 Å². The fourth-order valence-corrected chi connectivity index (χ4v) is 9.65. The van der Waals surface area contributed by atoms with Crippen molar-refractivity contribution in [1.29, 1.82) is 0 Å². The zero-order valence-electron chi connectivity index (χ0n) is 38.1. The summed E-state index contributed by atoms with van der Waals surface area (Å²) in [5.74, 6) is 2.79. The molecule has 0 bridgehead atoms. The van der Waals surface area contributed by atoms with Crippen LogP contribution >= 0.6 is 0 Å². The van der Waals surface area contributed by atoms with Crippen molar-refractivity contribution in [3.63, 3.8) is 0 Å². The van der Waals surface area contributed by atoms with Crippen LogP contribution < -0.4 is 9.64 Å². The van der Waals surface area contributed by atoms with Gasteiger partial charge in [0.1, 0.15) is 0 Å². The molecule has 3 heterocycles. The number of ether oxygens (including phenoxy) is 1. The van der Waals surface area contributed by atoms with Crippen molar-refractivity contribution < 1.29 is 24.1 Å². The van der Waals surface area contributed by atoms with Gasteiger partial charge in [-0.05, 0) is 39.0 Å². The summed E-state index contributed by atoms with van der Waals surface area (Å²) < 4.78 is 12.6. The third kappa shape index (κ3) is 8.61. The molecule has 0 saturated heterocycles. The number of nitrogens with zero attached hydrogens (tertiary/aromatic N) is 4. The molecule has 1 unspecified atom stereocenters. The number of fused-ring (bicyclic) bond motifs is 2. The Morgan fingerprint density at radius 3 is 1.74 bits per heavy atom. The van der Waals surface area contributed by atoms with Gasteiger partial charge >= 0.3 is 251 Å². The van der Waals surface area contributed by atoms with Gasteiger partial charge in [-0.3, -0.25) is 0 Å². The number of imidazole rings is 1. The average molecular weight is 990 g/mol. The molecule has 1 aliphatic heterocycles. The summed E-state index contributed by atoms with van der Waals surface area (Å²) in [6, 6.07) is 44.6. The summed E-state index contributed by atoms with van der Waals surface area (Å²) in [7, 11) is 0. The molecule has 318 valence electrons. The van der Waals surface area contributed by atoms with Crippen LogP contribution in [0.3, 0.4) is 0 Å². The first-order valence-corrected chi connectivity index (χ1v) is 22.9. The number of anilines is 2. The minimum absolute atomic E-state index is 0.00459. The van der Waals surface area contributed by atoms with Crippen molar-refractivity contribution in [3.05, 3.63) is 165 Å². The van der Waals surface area contributed by atoms with Gasteiger partial charge in [-0.2, -0.15) is 0 Å². The number of rotatable bonds is 6. The van der Waals surface area contributed by atoms with E-state index in [0.29, 0.717) is 0 Å². The summed E-state index contributed by atoms with van der Waals surface area (Å²) in [6.07, 6.45) is 2.95. The Morgan fingerprint density at radius 1 is 0.541 bits per heavy atom. The van der Waals surface area contributed by atoms with Crippen LogP contribution in [0.2, 0.25) is 0 Å². The zero-order chi connectivity index (χ0) is 43.6. The Labute approximate surface area is 374 Å². The van der Waals surface area contributed by atoms with E-state index in [4.69, 9.17) is 9.72 Å². The van der Waals surface area contributed by atoms with Crippen LogP contribution in [0.5, 0.6) is 11.5 Å². The van der Waals surface area contributed by atoms with Gasteiger partial charge in [-0.25, -0.2) is 0 Å². The molecule has 5 aromatic carbocycles. The molecule has 0 radical (unpaired) electrons. The topological polar surface area (TPSA) is 35.2 Å². The van der Waals surface area contributed by atoms with Crippen LogP contribution in [0.15, 0.2) is 128 Å². The van der Waals surface area contributed by atoms with E-state index in [0.717, 1.165) is 62.2 Å². The molecule has 6 heteroatoms. The Hall–Kier alpha value is -4.99. The molecule has 0 amide bonds. The summed E-state index contributed by atoms with van der Waals surface area (Å²) >= 11 is 2.47. The van der Waals surface area contributed by atoms with E-state index in [1.165, 1.54) is 33.4 Å². The van der Waals surface area contributed by atoms with Gasteiger partial charge in [-0.1, -0.05) is 80.5 Å². The maximum absolute atomic E-state index is 6.86. The third-order valence-corrected chi connectivity index (χ3v) is 13.3. The minimum atomic E-state index is 0.00459. The number of hydrogen-bond donors (Lipinski definition) is 0. The monoisotopic (exact) mass is 989 g/mol. The van der Waals surface area contributed by atoms with Crippen molar-refractivity contribution in [3.8, 4) is 22.9 Å². The van der Waals surface area contributed by atoms with Crippen molar-refractivity contribution in [2.24, 2.45) is 0 Å². The van der Waals surface area contributed by atoms with Crippen molar-refractivity contribution in [2.75, 3.05) is 11.4 Å². The zero-order valence-corrected chi connectivity index (χ0v) is 40.4. The number of pyridine rings is 1. The van der Waals surface area contributed by atoms with Crippen LogP contribution in [0.1, 0.15) is 129 Å². The second kappa shape index (κ2) is 15.7. The maximum atomic E-state index is 6.86. The molecule has 0 aliphatic carbocycles. The number of benzene rings is 5. The van der Waals surface area contributed by atoms with Crippen LogP contribution in [-0.4, -0.2) is 20.7 Å². The van der Waals surface area contributed by atoms with Crippen molar-refractivity contribution >= 4 is 22.5 Å². The first kappa shape index (κ1) is 42.7. The third-order valence-electron chi connectivity index (χ3n) is 12.3. The van der Waals surface area contributed by atoms with Gasteiger partial charge in [0.25, 0.3) is 0 Å². The van der Waals surface area contributed by atoms with Crippen LogP contribution in [-0.2, 0) is 41.0 Å². The van der Waals surface area contributed by atoms with Gasteiger partial charge in [0.05, 0.1) is 0 Å². The van der Waals surface area contributed by atoms with E-state index < -0.39 is 0 Å². The Balaban J connectivity index is 1.20. The standard InChI is InChI=1S/C55H62N4O.Pt/c1-52(2,3)38-20-22-42(23-21-38)58-36-59(49-19-14-13-18-48(49)58)43-16-15-17-44(34-43)60-45-24-25-47-46(37-30-40(54(7,8)9)32-41(31-37)55(10,11)12)27-29-57(50(47)35-45)51-33-39(26-28-56-51)53(4,5)6;/h13-26,28,30-35,46H,27,29H2,1-12H3;. The molecule has 7 aromatic rings. The molecule has 8 rings (SSSR count). The number of hydrogen-bond acceptors (Lipinski definition) is 3. The normalized spacial score (nSPS) is 15.0. The van der Waals surface area contributed by atoms with E-state index >= 15 is 0 Å². The Kier molecular flexibility index (Phi) is 11.0. The molecule has 5 nitrogen and oxygen atoms in total. The van der Waals surface area contributed by atoms with Crippen LogP contribution in [0.4, 0.5) is 11.5 Å². The Bertz CT molecular complexity index is 2770. The average Bonchev–Trinajstić information content (AvgIpc) is 3.50. The fourth-order valence-electron chi connectivity index (χ4n) is 8.52. The van der Waals surface area contributed by atoms with Crippen LogP contribution in [0, 0.1) is 3.80 Å². The first-order valence-electron chi connectivity index (χ1n) is 21.8.